The van der Waals surface area contributed by atoms with Crippen molar-refractivity contribution in [2.24, 2.45) is 5.92 Å². The third-order valence-electron chi connectivity index (χ3n) is 3.51. The van der Waals surface area contributed by atoms with Gasteiger partial charge in [-0.25, -0.2) is 8.42 Å². The second-order valence-electron chi connectivity index (χ2n) is 5.98. The molecule has 0 spiro atoms. The third kappa shape index (κ3) is 3.59. The van der Waals surface area contributed by atoms with Gasteiger partial charge >= 0.3 is 0 Å². The van der Waals surface area contributed by atoms with Gasteiger partial charge in [-0.1, -0.05) is 31.5 Å². The van der Waals surface area contributed by atoms with E-state index in [4.69, 9.17) is 4.74 Å². The SMILES string of the molecule is CC1=CN(S(=O)(=O)c2ccc(C)cc2)[C@@H](CC(C)C)CO1. The molecule has 0 aromatic heterocycles. The van der Waals surface area contributed by atoms with Crippen LogP contribution >= 0.6 is 0 Å². The lowest BCUT2D eigenvalue weighted by atomic mass is 10.0. The van der Waals surface area contributed by atoms with Gasteiger partial charge in [-0.2, -0.15) is 0 Å². The molecule has 1 aromatic carbocycles. The largest absolute Gasteiger partial charge is 0.494 e. The van der Waals surface area contributed by atoms with Crippen molar-refractivity contribution in [2.45, 2.75) is 45.1 Å². The van der Waals surface area contributed by atoms with Crippen LogP contribution in [0.1, 0.15) is 32.8 Å². The molecule has 0 aliphatic carbocycles. The molecule has 5 heteroatoms. The van der Waals surface area contributed by atoms with E-state index in [1.54, 1.807) is 25.3 Å². The molecule has 1 atom stereocenters. The van der Waals surface area contributed by atoms with Crippen LogP contribution in [0, 0.1) is 12.8 Å². The van der Waals surface area contributed by atoms with Crippen LogP contribution in [0.2, 0.25) is 0 Å². The summed E-state index contributed by atoms with van der Waals surface area (Å²) in [6, 6.07) is 6.81. The zero-order valence-corrected chi connectivity index (χ0v) is 13.9. The van der Waals surface area contributed by atoms with Crippen LogP contribution in [0.25, 0.3) is 0 Å². The van der Waals surface area contributed by atoms with Gasteiger partial charge in [0.15, 0.2) is 0 Å². The van der Waals surface area contributed by atoms with Crippen molar-refractivity contribution in [3.05, 3.63) is 41.8 Å². The summed E-state index contributed by atoms with van der Waals surface area (Å²) in [6.07, 6.45) is 2.38. The molecule has 0 fully saturated rings. The maximum Gasteiger partial charge on any atom is 0.264 e. The van der Waals surface area contributed by atoms with Crippen LogP contribution in [-0.2, 0) is 14.8 Å². The first-order chi connectivity index (χ1) is 9.80. The van der Waals surface area contributed by atoms with Gasteiger partial charge in [0.1, 0.15) is 12.4 Å². The lowest BCUT2D eigenvalue weighted by Crippen LogP contribution is -2.42. The summed E-state index contributed by atoms with van der Waals surface area (Å²) in [7, 11) is -3.53. The lowest BCUT2D eigenvalue weighted by Gasteiger charge is -2.34. The van der Waals surface area contributed by atoms with Crippen molar-refractivity contribution >= 4 is 10.0 Å². The molecule has 0 radical (unpaired) electrons. The van der Waals surface area contributed by atoms with Crippen LogP contribution in [0.15, 0.2) is 41.1 Å². The number of hydrogen-bond acceptors (Lipinski definition) is 3. The van der Waals surface area contributed by atoms with Gasteiger partial charge in [-0.05, 0) is 38.3 Å². The van der Waals surface area contributed by atoms with Crippen molar-refractivity contribution in [1.29, 1.82) is 0 Å². The molecule has 2 rings (SSSR count). The Morgan fingerprint density at radius 3 is 2.43 bits per heavy atom. The molecule has 0 unspecified atom stereocenters. The Balaban J connectivity index is 2.38. The smallest absolute Gasteiger partial charge is 0.264 e. The van der Waals surface area contributed by atoms with Crippen LogP contribution < -0.4 is 0 Å². The fourth-order valence-electron chi connectivity index (χ4n) is 2.44. The summed E-state index contributed by atoms with van der Waals surface area (Å²) >= 11 is 0. The summed E-state index contributed by atoms with van der Waals surface area (Å²) in [6.45, 7) is 8.30. The zero-order chi connectivity index (χ0) is 15.6. The highest BCUT2D eigenvalue weighted by atomic mass is 32.2. The van der Waals surface area contributed by atoms with E-state index >= 15 is 0 Å². The fraction of sp³-hybridized carbons (Fsp3) is 0.500. The number of benzene rings is 1. The highest BCUT2D eigenvalue weighted by molar-refractivity contribution is 7.89. The van der Waals surface area contributed by atoms with Gasteiger partial charge < -0.3 is 4.74 Å². The number of aryl methyl sites for hydroxylation is 1. The fourth-order valence-corrected chi connectivity index (χ4v) is 3.99. The van der Waals surface area contributed by atoms with E-state index in [1.165, 1.54) is 4.31 Å². The first kappa shape index (κ1) is 15.9. The molecule has 4 nitrogen and oxygen atoms in total. The number of hydrogen-bond donors (Lipinski definition) is 0. The molecular formula is C16H23NO3S. The highest BCUT2D eigenvalue weighted by Gasteiger charge is 2.32. The molecule has 1 aromatic rings. The quantitative estimate of drug-likeness (QED) is 0.857. The second kappa shape index (κ2) is 6.10. The first-order valence-electron chi connectivity index (χ1n) is 7.22. The molecule has 0 N–H and O–H groups in total. The van der Waals surface area contributed by atoms with Gasteiger partial charge in [0.2, 0.25) is 0 Å². The molecule has 0 bridgehead atoms. The molecule has 1 heterocycles. The number of sulfonamides is 1. The van der Waals surface area contributed by atoms with Crippen LogP contribution in [0.3, 0.4) is 0 Å². The number of allylic oxidation sites excluding steroid dienone is 1. The van der Waals surface area contributed by atoms with Gasteiger partial charge in [0.05, 0.1) is 17.1 Å². The lowest BCUT2D eigenvalue weighted by molar-refractivity contribution is 0.117. The van der Waals surface area contributed by atoms with Crippen LogP contribution in [0.5, 0.6) is 0 Å². The third-order valence-corrected chi connectivity index (χ3v) is 5.34. The van der Waals surface area contributed by atoms with Gasteiger partial charge in [0, 0.05) is 0 Å². The van der Waals surface area contributed by atoms with Crippen molar-refractivity contribution < 1.29 is 13.2 Å². The number of rotatable bonds is 4. The van der Waals surface area contributed by atoms with E-state index < -0.39 is 10.0 Å². The monoisotopic (exact) mass is 309 g/mol. The Morgan fingerprint density at radius 2 is 1.86 bits per heavy atom. The van der Waals surface area contributed by atoms with Crippen molar-refractivity contribution in [1.82, 2.24) is 4.31 Å². The second-order valence-corrected chi connectivity index (χ2v) is 7.83. The van der Waals surface area contributed by atoms with Gasteiger partial charge in [-0.3, -0.25) is 4.31 Å². The van der Waals surface area contributed by atoms with E-state index in [9.17, 15) is 8.42 Å². The minimum atomic E-state index is -3.53. The van der Waals surface area contributed by atoms with E-state index in [2.05, 4.69) is 13.8 Å². The molecule has 0 saturated heterocycles. The summed E-state index contributed by atoms with van der Waals surface area (Å²) in [5, 5.41) is 0. The van der Waals surface area contributed by atoms with Crippen molar-refractivity contribution in [3.63, 3.8) is 0 Å². The Hall–Kier alpha value is -1.49. The standard InChI is InChI=1S/C16H23NO3S/c1-12(2)9-15-11-20-14(4)10-17(15)21(18,19)16-7-5-13(3)6-8-16/h5-8,10,12,15H,9,11H2,1-4H3/t15-/m0/s1. The predicted octanol–water partition coefficient (Wildman–Crippen LogP) is 3.29. The normalized spacial score (nSPS) is 19.4. The maximum absolute atomic E-state index is 12.9. The summed E-state index contributed by atoms with van der Waals surface area (Å²) in [4.78, 5) is 0.327. The Morgan fingerprint density at radius 1 is 1.24 bits per heavy atom. The molecule has 21 heavy (non-hydrogen) atoms. The van der Waals surface area contributed by atoms with E-state index in [0.717, 1.165) is 12.0 Å². The minimum absolute atomic E-state index is 0.153. The number of nitrogens with zero attached hydrogens (tertiary/aromatic N) is 1. The molecule has 0 saturated carbocycles. The molecule has 0 amide bonds. The van der Waals surface area contributed by atoms with Crippen LogP contribution in [-0.4, -0.2) is 25.4 Å². The molecule has 116 valence electrons. The Kier molecular flexibility index (Phi) is 4.61. The minimum Gasteiger partial charge on any atom is -0.494 e. The first-order valence-corrected chi connectivity index (χ1v) is 8.66. The summed E-state index contributed by atoms with van der Waals surface area (Å²) in [5.74, 6) is 1.03. The van der Waals surface area contributed by atoms with Crippen molar-refractivity contribution in [2.75, 3.05) is 6.61 Å². The highest BCUT2D eigenvalue weighted by Crippen LogP contribution is 2.27. The van der Waals surface area contributed by atoms with Crippen LogP contribution in [0.4, 0.5) is 0 Å². The van der Waals surface area contributed by atoms with Crippen molar-refractivity contribution in [3.8, 4) is 0 Å². The predicted molar refractivity (Wildman–Crippen MR) is 83.2 cm³/mol. The van der Waals surface area contributed by atoms with E-state index in [1.807, 2.05) is 19.1 Å². The Labute approximate surface area is 127 Å². The Bertz CT molecular complexity index is 617. The average Bonchev–Trinajstić information content (AvgIpc) is 2.40. The molecular weight excluding hydrogens is 286 g/mol. The topological polar surface area (TPSA) is 46.6 Å². The van der Waals surface area contributed by atoms with E-state index in [-0.39, 0.29) is 6.04 Å². The van der Waals surface area contributed by atoms with E-state index in [0.29, 0.717) is 23.2 Å². The zero-order valence-electron chi connectivity index (χ0n) is 13.0. The van der Waals surface area contributed by atoms with Gasteiger partial charge in [-0.15, -0.1) is 0 Å². The van der Waals surface area contributed by atoms with Gasteiger partial charge in [0.25, 0.3) is 10.0 Å². The molecule has 1 aliphatic heterocycles. The maximum atomic E-state index is 12.9. The number of ether oxygens (including phenoxy) is 1. The summed E-state index contributed by atoms with van der Waals surface area (Å²) in [5.41, 5.74) is 1.04. The molecule has 1 aliphatic rings. The average molecular weight is 309 g/mol. The summed E-state index contributed by atoms with van der Waals surface area (Å²) < 4.78 is 32.7.